The maximum absolute atomic E-state index is 10.2. The molecule has 0 aliphatic carbocycles. The zero-order chi connectivity index (χ0) is 6.69. The molecule has 0 radical (unpaired) electrons. The van der Waals surface area contributed by atoms with E-state index in [1.807, 2.05) is 0 Å². The van der Waals surface area contributed by atoms with Gasteiger partial charge in [-0.15, -0.1) is 0 Å². The van der Waals surface area contributed by atoms with E-state index in [9.17, 15) is 9.13 Å². The molecule has 4 heteroatoms. The van der Waals surface area contributed by atoms with Crippen LogP contribution in [0.3, 0.4) is 0 Å². The van der Waals surface area contributed by atoms with Crippen LogP contribution >= 0.6 is 7.68 Å². The number of benzene rings is 1. The van der Waals surface area contributed by atoms with Crippen molar-refractivity contribution in [2.24, 2.45) is 0 Å². The quantitative estimate of drug-likeness (QED) is 0.388. The molecule has 0 saturated carbocycles. The summed E-state index contributed by atoms with van der Waals surface area (Å²) >= 11 is 0. The van der Waals surface area contributed by atoms with Gasteiger partial charge in [0.25, 0.3) is 0 Å². The van der Waals surface area contributed by atoms with E-state index in [0.717, 1.165) is 0 Å². The van der Waals surface area contributed by atoms with Crippen molar-refractivity contribution in [3.63, 3.8) is 0 Å². The first kappa shape index (κ1) is 10.8. The van der Waals surface area contributed by atoms with E-state index >= 15 is 0 Å². The molecule has 0 atom stereocenters. The van der Waals surface area contributed by atoms with E-state index in [4.69, 9.17) is 0 Å². The largest absolute Gasteiger partial charge is 1.00 e. The van der Waals surface area contributed by atoms with Gasteiger partial charge >= 0.3 is 59.1 Å². The smallest absolute Gasteiger partial charge is 0.232 e. The Morgan fingerprint density at radius 1 is 1.00 bits per heavy atom. The second-order valence-electron chi connectivity index (χ2n) is 1.59. The van der Waals surface area contributed by atoms with Gasteiger partial charge in [0.1, 0.15) is 0 Å². The Kier molecular flexibility index (Phi) is 5.82. The maximum Gasteiger partial charge on any atom is 1.00 e. The summed E-state index contributed by atoms with van der Waals surface area (Å²) in [4.78, 5) is 0. The number of rotatable bonds is 1. The van der Waals surface area contributed by atoms with E-state index in [-0.39, 0.29) is 51.4 Å². The summed E-state index contributed by atoms with van der Waals surface area (Å²) in [6, 6.07) is 8.29. The third-order valence-electron chi connectivity index (χ3n) is 0.967. The van der Waals surface area contributed by atoms with Crippen LogP contribution in [-0.4, -0.2) is 0 Å². The van der Waals surface area contributed by atoms with Gasteiger partial charge in [0.2, 0.25) is 0 Å². The van der Waals surface area contributed by atoms with Crippen LogP contribution in [0, 0.1) is 0 Å². The molecule has 1 aromatic carbocycles. The van der Waals surface area contributed by atoms with Gasteiger partial charge in [0.05, 0.1) is 5.30 Å². The fourth-order valence-electron chi connectivity index (χ4n) is 0.550. The minimum atomic E-state index is -2.40. The predicted octanol–water partition coefficient (Wildman–Crippen LogP) is -1.51. The second kappa shape index (κ2) is 5.41. The minimum Gasteiger partial charge on any atom is -0.232 e. The van der Waals surface area contributed by atoms with Crippen LogP contribution in [0.5, 0.6) is 0 Å². The van der Waals surface area contributed by atoms with Crippen LogP contribution < -0.4 is 56.7 Å². The van der Waals surface area contributed by atoms with Gasteiger partial charge in [-0.05, 0) is 12.1 Å². The minimum absolute atomic E-state index is 0. The Labute approximate surface area is 102 Å². The molecule has 46 valence electrons. The van der Waals surface area contributed by atoms with Crippen LogP contribution in [0.2, 0.25) is 0 Å². The zero-order valence-electron chi connectivity index (χ0n) is 5.65. The van der Waals surface area contributed by atoms with Gasteiger partial charge in [0, 0.05) is 0 Å². The van der Waals surface area contributed by atoms with Crippen molar-refractivity contribution in [2.45, 2.75) is 0 Å². The van der Waals surface area contributed by atoms with Gasteiger partial charge < -0.3 is 0 Å². The van der Waals surface area contributed by atoms with Crippen molar-refractivity contribution in [1.29, 1.82) is 0 Å². The molecule has 0 unspecified atom stereocenters. The SMILES string of the molecule is O=P(=O)c1ccccc1.[K+]. The standard InChI is InChI=1S/C6H5O2P.K/c7-9(8)6-4-2-1-3-5-6;/h1-5H;/q;+1. The molecule has 1 aromatic rings. The molecule has 0 fully saturated rings. The van der Waals surface area contributed by atoms with E-state index in [1.165, 1.54) is 0 Å². The van der Waals surface area contributed by atoms with E-state index in [1.54, 1.807) is 30.3 Å². The van der Waals surface area contributed by atoms with E-state index in [2.05, 4.69) is 0 Å². The maximum atomic E-state index is 10.2. The van der Waals surface area contributed by atoms with E-state index in [0.29, 0.717) is 5.30 Å². The van der Waals surface area contributed by atoms with Gasteiger partial charge in [0.15, 0.2) is 0 Å². The average molecular weight is 179 g/mol. The fourth-order valence-corrected chi connectivity index (χ4v) is 0.965. The molecule has 10 heavy (non-hydrogen) atoms. The average Bonchev–Trinajstić information content (AvgIpc) is 1.90. The van der Waals surface area contributed by atoms with Crippen LogP contribution in [-0.2, 0) is 9.13 Å². The monoisotopic (exact) mass is 179 g/mol. The Morgan fingerprint density at radius 3 is 1.80 bits per heavy atom. The van der Waals surface area contributed by atoms with Gasteiger partial charge in [-0.3, -0.25) is 0 Å². The van der Waals surface area contributed by atoms with Crippen molar-refractivity contribution >= 4 is 13.0 Å². The summed E-state index contributed by atoms with van der Waals surface area (Å²) in [7, 11) is -2.40. The molecule has 0 spiro atoms. The molecule has 0 heterocycles. The van der Waals surface area contributed by atoms with E-state index < -0.39 is 7.68 Å². The molecule has 0 amide bonds. The Balaban J connectivity index is 0.000000810. The molecule has 2 nitrogen and oxygen atoms in total. The Bertz CT molecular complexity index is 248. The first-order chi connectivity index (χ1) is 4.30. The molecular weight excluding hydrogens is 174 g/mol. The molecular formula is C6H5KO2P+. The predicted molar refractivity (Wildman–Crippen MR) is 34.4 cm³/mol. The summed E-state index contributed by atoms with van der Waals surface area (Å²) in [5, 5.41) is 0.368. The molecule has 0 bridgehead atoms. The molecule has 0 aliphatic heterocycles. The zero-order valence-corrected chi connectivity index (χ0v) is 9.67. The molecule has 0 N–H and O–H groups in total. The Hall–Kier alpha value is 0.756. The first-order valence-electron chi connectivity index (χ1n) is 2.50. The number of hydrogen-bond acceptors (Lipinski definition) is 2. The summed E-state index contributed by atoms with van der Waals surface area (Å²) < 4.78 is 20.5. The van der Waals surface area contributed by atoms with Crippen molar-refractivity contribution in [1.82, 2.24) is 0 Å². The summed E-state index contributed by atoms with van der Waals surface area (Å²) in [5.74, 6) is 0. The van der Waals surface area contributed by atoms with Gasteiger partial charge in [-0.2, -0.15) is 0 Å². The summed E-state index contributed by atoms with van der Waals surface area (Å²) in [6.07, 6.45) is 0. The summed E-state index contributed by atoms with van der Waals surface area (Å²) in [5.41, 5.74) is 0. The molecule has 0 aromatic heterocycles. The van der Waals surface area contributed by atoms with Crippen LogP contribution in [0.15, 0.2) is 30.3 Å². The molecule has 0 aliphatic rings. The summed E-state index contributed by atoms with van der Waals surface area (Å²) in [6.45, 7) is 0. The van der Waals surface area contributed by atoms with Crippen molar-refractivity contribution in [3.05, 3.63) is 30.3 Å². The second-order valence-corrected chi connectivity index (χ2v) is 2.62. The van der Waals surface area contributed by atoms with Crippen LogP contribution in [0.25, 0.3) is 0 Å². The van der Waals surface area contributed by atoms with Gasteiger partial charge in [-0.25, -0.2) is 9.13 Å². The fraction of sp³-hybridized carbons (Fsp3) is 0. The third kappa shape index (κ3) is 3.24. The van der Waals surface area contributed by atoms with Crippen LogP contribution in [0.4, 0.5) is 0 Å². The van der Waals surface area contributed by atoms with Crippen molar-refractivity contribution in [2.75, 3.05) is 0 Å². The number of hydrogen-bond donors (Lipinski definition) is 0. The normalized spacial score (nSPS) is 8.00. The Morgan fingerprint density at radius 2 is 1.50 bits per heavy atom. The topological polar surface area (TPSA) is 34.1 Å². The van der Waals surface area contributed by atoms with Crippen molar-refractivity contribution < 1.29 is 60.5 Å². The molecule has 1 rings (SSSR count). The molecule has 0 saturated heterocycles. The van der Waals surface area contributed by atoms with Gasteiger partial charge in [-0.1, -0.05) is 18.2 Å². The third-order valence-corrected chi connectivity index (χ3v) is 1.69. The first-order valence-corrected chi connectivity index (χ1v) is 3.68. The van der Waals surface area contributed by atoms with Crippen molar-refractivity contribution in [3.8, 4) is 0 Å². The van der Waals surface area contributed by atoms with Crippen LogP contribution in [0.1, 0.15) is 0 Å².